The molecule has 4 heteroatoms. The highest BCUT2D eigenvalue weighted by Crippen LogP contribution is 2.37. The van der Waals surface area contributed by atoms with Gasteiger partial charge in [-0.3, -0.25) is 4.57 Å². The Morgan fingerprint density at radius 3 is 2.09 bits per heavy atom. The molecule has 7 aromatic rings. The van der Waals surface area contributed by atoms with Gasteiger partial charge >= 0.3 is 0 Å². The van der Waals surface area contributed by atoms with Gasteiger partial charge in [0.2, 0.25) is 0 Å². The van der Waals surface area contributed by atoms with Crippen LogP contribution in [0.1, 0.15) is 0 Å². The van der Waals surface area contributed by atoms with E-state index >= 15 is 0 Å². The monoisotopic (exact) mass is 436 g/mol. The van der Waals surface area contributed by atoms with Crippen molar-refractivity contribution in [2.45, 2.75) is 0 Å². The number of nitrogens with zero attached hydrogens (tertiary/aromatic N) is 4. The van der Waals surface area contributed by atoms with Crippen molar-refractivity contribution in [1.29, 1.82) is 0 Å². The number of hydrogen-bond donors (Lipinski definition) is 0. The first-order valence-corrected chi connectivity index (χ1v) is 11.4. The molecular formula is C30H20N4. The first kappa shape index (κ1) is 18.8. The fourth-order valence-electron chi connectivity index (χ4n) is 4.93. The van der Waals surface area contributed by atoms with Gasteiger partial charge in [0, 0.05) is 33.6 Å². The minimum absolute atomic E-state index is 0.798. The molecule has 0 aliphatic carbocycles. The fourth-order valence-corrected chi connectivity index (χ4v) is 4.93. The van der Waals surface area contributed by atoms with E-state index in [0.717, 1.165) is 28.3 Å². The Morgan fingerprint density at radius 2 is 1.29 bits per heavy atom. The Bertz CT molecular complexity index is 1780. The summed E-state index contributed by atoms with van der Waals surface area (Å²) in [6.45, 7) is 0. The Kier molecular flexibility index (Phi) is 4.11. The van der Waals surface area contributed by atoms with Crippen LogP contribution in [0.5, 0.6) is 0 Å². The van der Waals surface area contributed by atoms with Crippen LogP contribution in [0, 0.1) is 0 Å². The molecule has 7 rings (SSSR count). The number of para-hydroxylation sites is 2. The van der Waals surface area contributed by atoms with Gasteiger partial charge in [0.15, 0.2) is 5.82 Å². The number of rotatable bonds is 3. The molecule has 0 atom stereocenters. The van der Waals surface area contributed by atoms with Crippen LogP contribution < -0.4 is 0 Å². The number of hydrogen-bond acceptors (Lipinski definition) is 2. The third-order valence-corrected chi connectivity index (χ3v) is 6.47. The van der Waals surface area contributed by atoms with Crippen molar-refractivity contribution >= 4 is 32.7 Å². The maximum absolute atomic E-state index is 4.61. The molecule has 4 nitrogen and oxygen atoms in total. The van der Waals surface area contributed by atoms with Gasteiger partial charge in [0.25, 0.3) is 0 Å². The lowest BCUT2D eigenvalue weighted by Crippen LogP contribution is -2.01. The van der Waals surface area contributed by atoms with Crippen molar-refractivity contribution in [1.82, 2.24) is 19.3 Å². The first-order chi connectivity index (χ1) is 16.9. The van der Waals surface area contributed by atoms with Gasteiger partial charge in [-0.2, -0.15) is 0 Å². The number of benzene rings is 4. The average molecular weight is 437 g/mol. The predicted octanol–water partition coefficient (Wildman–Crippen LogP) is 7.18. The first-order valence-electron chi connectivity index (χ1n) is 11.4. The molecule has 0 unspecified atom stereocenters. The molecule has 0 aliphatic heterocycles. The third kappa shape index (κ3) is 2.79. The van der Waals surface area contributed by atoms with E-state index in [0.29, 0.717) is 0 Å². The van der Waals surface area contributed by atoms with Crippen molar-refractivity contribution in [2.24, 2.45) is 0 Å². The largest absolute Gasteiger partial charge is 0.307 e. The normalized spacial score (nSPS) is 11.5. The molecule has 0 bridgehead atoms. The van der Waals surface area contributed by atoms with E-state index in [4.69, 9.17) is 0 Å². The zero-order valence-corrected chi connectivity index (χ0v) is 18.3. The maximum Gasteiger partial charge on any atom is 0.159 e. The molecular weight excluding hydrogens is 416 g/mol. The molecule has 0 N–H and O–H groups in total. The summed E-state index contributed by atoms with van der Waals surface area (Å²) >= 11 is 0. The average Bonchev–Trinajstić information content (AvgIpc) is 3.49. The molecule has 3 heterocycles. The second kappa shape index (κ2) is 7.42. The van der Waals surface area contributed by atoms with E-state index in [1.165, 1.54) is 27.2 Å². The second-order valence-corrected chi connectivity index (χ2v) is 8.42. The van der Waals surface area contributed by atoms with Crippen molar-refractivity contribution in [2.75, 3.05) is 0 Å². The van der Waals surface area contributed by atoms with Crippen molar-refractivity contribution in [3.05, 3.63) is 121 Å². The molecule has 4 aromatic carbocycles. The van der Waals surface area contributed by atoms with Gasteiger partial charge in [-0.1, -0.05) is 78.9 Å². The SMILES string of the molecule is c1ccc(-c2ccc(-n3ccc4ccc5c6ccccc6n(-c6ccccc6)c5c43)nn2)cc1. The zero-order chi connectivity index (χ0) is 22.5. The van der Waals surface area contributed by atoms with Crippen LogP contribution in [0.25, 0.3) is 55.5 Å². The standard InChI is InChI=1S/C30H20N4/c1-3-9-21(10-4-1)26-17-18-28(32-31-26)33-20-19-22-15-16-25-24-13-7-8-14-27(24)34(30(25)29(22)33)23-11-5-2-6-12-23/h1-20H. The molecule has 0 aliphatic rings. The van der Waals surface area contributed by atoms with E-state index in [9.17, 15) is 0 Å². The highest BCUT2D eigenvalue weighted by Gasteiger charge is 2.18. The molecule has 0 radical (unpaired) electrons. The summed E-state index contributed by atoms with van der Waals surface area (Å²) in [5.41, 5.74) is 6.55. The van der Waals surface area contributed by atoms with Crippen LogP contribution in [0.4, 0.5) is 0 Å². The van der Waals surface area contributed by atoms with Gasteiger partial charge < -0.3 is 4.57 Å². The summed E-state index contributed by atoms with van der Waals surface area (Å²) in [6, 6.07) is 39.9. The zero-order valence-electron chi connectivity index (χ0n) is 18.3. The lowest BCUT2D eigenvalue weighted by atomic mass is 10.1. The highest BCUT2D eigenvalue weighted by atomic mass is 15.2. The summed E-state index contributed by atoms with van der Waals surface area (Å²) in [7, 11) is 0. The minimum atomic E-state index is 0.798. The summed E-state index contributed by atoms with van der Waals surface area (Å²) in [5, 5.41) is 12.8. The molecule has 0 saturated heterocycles. The van der Waals surface area contributed by atoms with Crippen LogP contribution >= 0.6 is 0 Å². The predicted molar refractivity (Wildman–Crippen MR) is 139 cm³/mol. The summed E-state index contributed by atoms with van der Waals surface area (Å²) in [4.78, 5) is 0. The van der Waals surface area contributed by atoms with Crippen LogP contribution in [0.15, 0.2) is 121 Å². The highest BCUT2D eigenvalue weighted by molar-refractivity contribution is 6.18. The number of fused-ring (bicyclic) bond motifs is 5. The van der Waals surface area contributed by atoms with E-state index in [1.807, 2.05) is 30.3 Å². The lowest BCUT2D eigenvalue weighted by molar-refractivity contribution is 0.941. The van der Waals surface area contributed by atoms with E-state index < -0.39 is 0 Å². The van der Waals surface area contributed by atoms with E-state index in [-0.39, 0.29) is 0 Å². The fraction of sp³-hybridized carbons (Fsp3) is 0. The van der Waals surface area contributed by atoms with Crippen molar-refractivity contribution < 1.29 is 0 Å². The Morgan fingerprint density at radius 1 is 0.529 bits per heavy atom. The number of aromatic nitrogens is 4. The van der Waals surface area contributed by atoms with Gasteiger partial charge in [-0.25, -0.2) is 0 Å². The van der Waals surface area contributed by atoms with E-state index in [1.54, 1.807) is 0 Å². The van der Waals surface area contributed by atoms with Crippen LogP contribution in [-0.4, -0.2) is 19.3 Å². The summed E-state index contributed by atoms with van der Waals surface area (Å²) < 4.78 is 4.51. The summed E-state index contributed by atoms with van der Waals surface area (Å²) in [5.74, 6) is 0.798. The second-order valence-electron chi connectivity index (χ2n) is 8.42. The van der Waals surface area contributed by atoms with Crippen LogP contribution in [0.2, 0.25) is 0 Å². The van der Waals surface area contributed by atoms with Gasteiger partial charge in [0.1, 0.15) is 0 Å². The van der Waals surface area contributed by atoms with Gasteiger partial charge in [-0.05, 0) is 36.4 Å². The molecule has 0 amide bonds. The van der Waals surface area contributed by atoms with Crippen molar-refractivity contribution in [3.63, 3.8) is 0 Å². The third-order valence-electron chi connectivity index (χ3n) is 6.47. The topological polar surface area (TPSA) is 35.6 Å². The molecule has 0 spiro atoms. The molecule has 3 aromatic heterocycles. The van der Waals surface area contributed by atoms with Gasteiger partial charge in [-0.15, -0.1) is 10.2 Å². The molecule has 34 heavy (non-hydrogen) atoms. The van der Waals surface area contributed by atoms with Crippen LogP contribution in [-0.2, 0) is 0 Å². The summed E-state index contributed by atoms with van der Waals surface area (Å²) in [6.07, 6.45) is 2.09. The lowest BCUT2D eigenvalue weighted by Gasteiger charge is -2.11. The molecule has 160 valence electrons. The smallest absolute Gasteiger partial charge is 0.159 e. The Balaban J connectivity index is 1.52. The van der Waals surface area contributed by atoms with E-state index in [2.05, 4.69) is 110 Å². The maximum atomic E-state index is 4.61. The Hall–Kier alpha value is -4.70. The molecule has 0 fully saturated rings. The minimum Gasteiger partial charge on any atom is -0.307 e. The van der Waals surface area contributed by atoms with Gasteiger partial charge in [0.05, 0.1) is 22.2 Å². The quantitative estimate of drug-likeness (QED) is 0.294. The molecule has 0 saturated carbocycles. The van der Waals surface area contributed by atoms with Crippen molar-refractivity contribution in [3.8, 4) is 22.8 Å². The van der Waals surface area contributed by atoms with Crippen LogP contribution in [0.3, 0.4) is 0 Å². The Labute approximate surface area is 196 Å².